The number of nitrogens with two attached hydrogens (primary N) is 1. The van der Waals surface area contributed by atoms with Gasteiger partial charge < -0.3 is 39.5 Å². The van der Waals surface area contributed by atoms with Crippen molar-refractivity contribution in [1.82, 2.24) is 20.4 Å². The highest BCUT2D eigenvalue weighted by Gasteiger charge is 2.47. The first kappa shape index (κ1) is 95.4. The number of carbonyl (C=O) groups excluding carboxylic acids is 8. The average molecular weight is 1850 g/mol. The van der Waals surface area contributed by atoms with Gasteiger partial charge in [-0.15, -0.1) is 0 Å². The van der Waals surface area contributed by atoms with Crippen LogP contribution in [-0.2, 0) is 297 Å². The molecule has 48 heteroatoms. The SMILES string of the molecule is C.CCCCOCCOCCOCCCN.CCCCOCCOCCOCCCNc1cccc2c1C(=O)N(C1CCC(=O)NC1=O)C2=O.O=C1CCC(N2C(=O)c3cccc(F)c3C2=O)C(=O)N1.S=S=S=S=S=S=S=S=S=S=S=S=S.S=S=S=S=S=S=S=S=S=S=S=S=S=S. The minimum atomic E-state index is -1.07. The number of imide groups is 4. The molecule has 0 aromatic heterocycles. The number of nitrogens with one attached hydrogen (secondary N) is 3. The molecule has 4 aliphatic rings. The van der Waals surface area contributed by atoms with E-state index < -0.39 is 65.2 Å². The first-order valence-corrected chi connectivity index (χ1v) is 61.2. The topological polar surface area (TPSA) is 261 Å². The van der Waals surface area contributed by atoms with Crippen molar-refractivity contribution in [3.63, 3.8) is 0 Å². The van der Waals surface area contributed by atoms with E-state index in [4.69, 9.17) is 78.9 Å². The highest BCUT2D eigenvalue weighted by atomic mass is 33.5. The highest BCUT2D eigenvalue weighted by molar-refractivity contribution is 8.77. The van der Waals surface area contributed by atoms with E-state index in [1.54, 1.807) is 187 Å². The Bertz CT molecular complexity index is 3950. The lowest BCUT2D eigenvalue weighted by molar-refractivity contribution is -0.137. The Labute approximate surface area is 649 Å². The Morgan fingerprint density at radius 3 is 1.11 bits per heavy atom. The monoisotopic (exact) mass is 1850 g/mol. The number of unbranched alkanes of at least 4 members (excludes halogenated alkanes) is 2. The third-order valence-corrected chi connectivity index (χ3v) is 58.2. The Balaban J connectivity index is 0.000000644. The van der Waals surface area contributed by atoms with Gasteiger partial charge in [0.25, 0.3) is 23.6 Å². The largest absolute Gasteiger partial charge is 0.384 e. The van der Waals surface area contributed by atoms with E-state index in [2.05, 4.69) is 29.8 Å². The Morgan fingerprint density at radius 2 is 0.773 bits per heavy atom. The van der Waals surface area contributed by atoms with Gasteiger partial charge in [0.2, 0.25) is 23.6 Å². The number of ether oxygens (including phenoxy) is 6. The molecule has 2 unspecified atom stereocenters. The summed E-state index contributed by atoms with van der Waals surface area (Å²) in [4.78, 5) is 98.4. The van der Waals surface area contributed by atoms with Crippen LogP contribution in [-0.4, -0.2) is 162 Å². The molecule has 2 saturated heterocycles. The smallest absolute Gasteiger partial charge is 0.265 e. The number of fused-ring (bicyclic) bond motifs is 2. The summed E-state index contributed by atoms with van der Waals surface area (Å²) in [6, 6.07) is 6.70. The summed E-state index contributed by atoms with van der Waals surface area (Å²) in [5, 5.41) is 7.46. The molecular weight excluding hydrogens is 1780 g/mol. The van der Waals surface area contributed by atoms with E-state index >= 15 is 0 Å². The molecule has 2 atom stereocenters. The highest BCUT2D eigenvalue weighted by Crippen LogP contribution is 2.33. The number of hydrogen-bond acceptors (Lipinski definition) is 20. The molecule has 20 nitrogen and oxygen atoms in total. The molecule has 2 aromatic carbocycles. The van der Waals surface area contributed by atoms with Crippen molar-refractivity contribution in [3.8, 4) is 0 Å². The third kappa shape index (κ3) is 42.4. The Kier molecular flexibility index (Phi) is 63.7. The van der Waals surface area contributed by atoms with Crippen LogP contribution in [0.25, 0.3) is 0 Å². The van der Waals surface area contributed by atoms with Crippen molar-refractivity contribution in [3.05, 3.63) is 64.5 Å². The van der Waals surface area contributed by atoms with E-state index in [1.165, 1.54) is 54.1 Å². The van der Waals surface area contributed by atoms with E-state index in [0.29, 0.717) is 84.7 Å². The lowest BCUT2D eigenvalue weighted by atomic mass is 10.0. The second kappa shape index (κ2) is 64.7. The van der Waals surface area contributed by atoms with Crippen molar-refractivity contribution >= 4 is 302 Å². The molecule has 0 spiro atoms. The first-order chi connectivity index (χ1) is 46.8. The summed E-state index contributed by atoms with van der Waals surface area (Å²) in [6.07, 6.45) is 6.40. The van der Waals surface area contributed by atoms with Gasteiger partial charge in [-0.1, -0.05) is 46.2 Å². The molecule has 0 aliphatic carbocycles. The van der Waals surface area contributed by atoms with Crippen LogP contribution in [0.15, 0.2) is 36.4 Å². The fourth-order valence-electron chi connectivity index (χ4n) is 7.51. The normalized spacial score (nSPS) is 14.4. The second-order valence-electron chi connectivity index (χ2n) is 17.7. The molecule has 550 valence electrons. The number of hydrogen-bond donors (Lipinski definition) is 4. The first-order valence-electron chi connectivity index (χ1n) is 27.9. The standard InChI is InChI=1S/C24H33N3O7.C13H9FN2O4.C11H25NO3.CH4.S14.S13/c1-2-3-11-32-13-15-34-16-14-33-12-5-10-25-18-7-4-6-17-21(18)24(31)27(23(17)30)19-8-9-20(28)26-22(19)29;14-7-3-1-2-6-10(7)13(20)16(12(6)19)8-4-5-9(17)15-11(8)18;1-2-3-6-13-8-10-15-11-9-14-7-4-5-12;;1-3-5-7-9-11-13-14-12-10-8-6-4-2;1-3-5-7-9-11-13-12-10-8-6-4-2/h4,6-7,19,25H,2-3,5,8-16H2,1H3,(H,26,28,29);1-3,8H,4-5H2,(H,15,17,18);2-12H2,1H3;1H4;;. The van der Waals surface area contributed by atoms with Gasteiger partial charge in [0.05, 0.1) is 75.1 Å². The number of piperidine rings is 2. The van der Waals surface area contributed by atoms with Crippen molar-refractivity contribution < 1.29 is 71.2 Å². The van der Waals surface area contributed by atoms with Crippen molar-refractivity contribution in [2.45, 2.75) is 97.6 Å². The zero-order chi connectivity index (χ0) is 70.2. The van der Waals surface area contributed by atoms with Gasteiger partial charge in [-0.25, -0.2) is 4.39 Å². The van der Waals surface area contributed by atoms with Crippen LogP contribution in [0.1, 0.15) is 127 Å². The van der Waals surface area contributed by atoms with Crippen LogP contribution in [0.2, 0.25) is 0 Å². The van der Waals surface area contributed by atoms with E-state index in [-0.39, 0.29) is 55.4 Å². The van der Waals surface area contributed by atoms with Crippen LogP contribution < -0.4 is 21.7 Å². The zero-order valence-corrected chi connectivity index (χ0v) is 72.7. The molecule has 2 fully saturated rings. The summed E-state index contributed by atoms with van der Waals surface area (Å²) in [5.41, 5.74) is 6.00. The van der Waals surface area contributed by atoms with Gasteiger partial charge in [-0.05, 0) is 69.3 Å². The molecule has 6 rings (SSSR count). The van der Waals surface area contributed by atoms with Gasteiger partial charge in [-0.2, -0.15) is 0 Å². The van der Waals surface area contributed by atoms with E-state index in [1.807, 2.05) is 0 Å². The molecule has 8 amide bonds. The predicted octanol–water partition coefficient (Wildman–Crippen LogP) is 3.72. The molecule has 0 saturated carbocycles. The van der Waals surface area contributed by atoms with Gasteiger partial charge in [0, 0.05) is 301 Å². The minimum absolute atomic E-state index is 0. The maximum Gasteiger partial charge on any atom is 0.265 e. The molecular formula is C49H71FN6O14S27. The van der Waals surface area contributed by atoms with E-state index in [9.17, 15) is 42.7 Å². The summed E-state index contributed by atoms with van der Waals surface area (Å²) < 4.78 is 46.0. The second-order valence-corrected chi connectivity index (χ2v) is 58.3. The third-order valence-electron chi connectivity index (χ3n) is 11.5. The fourth-order valence-corrected chi connectivity index (χ4v) is 59.7. The Hall–Kier alpha value is 0.390. The Morgan fingerprint density at radius 1 is 0.454 bits per heavy atom. The number of anilines is 1. The number of benzene rings is 2. The predicted molar refractivity (Wildman–Crippen MR) is 453 cm³/mol. The summed E-state index contributed by atoms with van der Waals surface area (Å²) in [7, 11) is 38.0. The maximum absolute atomic E-state index is 13.7. The molecule has 0 radical (unpaired) electrons. The van der Waals surface area contributed by atoms with Gasteiger partial charge in [-0.3, -0.25) is 58.8 Å². The zero-order valence-electron chi connectivity index (χ0n) is 50.7. The van der Waals surface area contributed by atoms with E-state index in [0.717, 1.165) is 61.4 Å². The quantitative estimate of drug-likeness (QED) is 0.0699. The van der Waals surface area contributed by atoms with Crippen molar-refractivity contribution in [1.29, 1.82) is 0 Å². The molecule has 4 aliphatic heterocycles. The summed E-state index contributed by atoms with van der Waals surface area (Å²) in [5.74, 6) is -5.56. The number of halogens is 1. The van der Waals surface area contributed by atoms with Gasteiger partial charge >= 0.3 is 0 Å². The van der Waals surface area contributed by atoms with Gasteiger partial charge in [0.15, 0.2) is 0 Å². The number of carbonyl (C=O) groups is 8. The molecule has 97 heavy (non-hydrogen) atoms. The molecule has 2 aromatic rings. The fraction of sp³-hybridized carbons (Fsp3) is 0.592. The van der Waals surface area contributed by atoms with Gasteiger partial charge in [0.1, 0.15) is 17.9 Å². The summed E-state index contributed by atoms with van der Waals surface area (Å²) in [6.45, 7) is 13.1. The number of nitrogens with zero attached hydrogens (tertiary/aromatic N) is 2. The van der Waals surface area contributed by atoms with Crippen molar-refractivity contribution in [2.75, 3.05) is 97.7 Å². The summed E-state index contributed by atoms with van der Waals surface area (Å²) >= 11 is 18.8. The molecule has 5 N–H and O–H groups in total. The number of amides is 8. The van der Waals surface area contributed by atoms with Crippen LogP contribution in [0, 0.1) is 5.82 Å². The van der Waals surface area contributed by atoms with Crippen LogP contribution >= 0.6 is 0 Å². The van der Waals surface area contributed by atoms with Crippen LogP contribution in [0.3, 0.4) is 0 Å². The molecule has 4 heterocycles. The van der Waals surface area contributed by atoms with Crippen LogP contribution in [0.4, 0.5) is 10.1 Å². The maximum atomic E-state index is 13.7. The lowest BCUT2D eigenvalue weighted by Crippen LogP contribution is -2.54. The average Bonchev–Trinajstić information content (AvgIpc) is 1.62. The number of rotatable bonds is 28. The van der Waals surface area contributed by atoms with Crippen LogP contribution in [0.5, 0.6) is 0 Å². The lowest BCUT2D eigenvalue weighted by Gasteiger charge is -2.27. The molecule has 0 bridgehead atoms. The van der Waals surface area contributed by atoms with Crippen molar-refractivity contribution in [2.24, 2.45) is 5.73 Å². The minimum Gasteiger partial charge on any atom is -0.384 e.